The highest BCUT2D eigenvalue weighted by Gasteiger charge is 2.11. The number of nitrogens with one attached hydrogen (secondary N) is 1. The number of nitro groups is 1. The number of aryl methyl sites for hydroxylation is 1. The normalized spacial score (nSPS) is 10.9. The van der Waals surface area contributed by atoms with E-state index in [0.29, 0.717) is 17.7 Å². The Bertz CT molecular complexity index is 1770. The van der Waals surface area contributed by atoms with Gasteiger partial charge in [-0.25, -0.2) is 5.43 Å². The first kappa shape index (κ1) is 28.8. The van der Waals surface area contributed by atoms with Crippen LogP contribution in [0.5, 0.6) is 5.75 Å². The molecule has 8 heteroatoms. The zero-order chi connectivity index (χ0) is 30.2. The van der Waals surface area contributed by atoms with Crippen LogP contribution in [-0.4, -0.2) is 21.6 Å². The summed E-state index contributed by atoms with van der Waals surface area (Å²) in [7, 11) is 0. The predicted octanol–water partition coefficient (Wildman–Crippen LogP) is 7.43. The highest BCUT2D eigenvalue weighted by molar-refractivity contribution is 5.95. The van der Waals surface area contributed by atoms with Gasteiger partial charge in [-0.1, -0.05) is 36.4 Å². The standard InChI is InChI=1S/C35H30N4O4/c1-3-7-30-22-27(13-21-34(30)43-24-26-11-16-32(17-12-26)39(41)42)23-36-37-35(40)29-14-18-31(19-15-29)38-25(2)10-20-33(38)28-8-5-4-6-9-28/h3-6,8-23H,1,7,24H2,2H3,(H,37,40)/b36-23+. The number of non-ortho nitro benzene ring substituents is 1. The molecule has 0 radical (unpaired) electrons. The fourth-order valence-corrected chi connectivity index (χ4v) is 4.72. The lowest BCUT2D eigenvalue weighted by atomic mass is 10.1. The molecule has 1 N–H and O–H groups in total. The fraction of sp³-hybridized carbons (Fsp3) is 0.0857. The number of amides is 1. The van der Waals surface area contributed by atoms with Gasteiger partial charge in [0.25, 0.3) is 11.6 Å². The van der Waals surface area contributed by atoms with Gasteiger partial charge in [0.2, 0.25) is 0 Å². The molecular formula is C35H30N4O4. The van der Waals surface area contributed by atoms with Crippen LogP contribution in [0.25, 0.3) is 16.9 Å². The molecule has 4 aromatic carbocycles. The molecule has 5 aromatic rings. The van der Waals surface area contributed by atoms with Crippen LogP contribution >= 0.6 is 0 Å². The number of nitrogens with zero attached hydrogens (tertiary/aromatic N) is 3. The molecule has 214 valence electrons. The predicted molar refractivity (Wildman–Crippen MR) is 169 cm³/mol. The Morgan fingerprint density at radius 3 is 2.42 bits per heavy atom. The van der Waals surface area contributed by atoms with Crippen LogP contribution in [0.1, 0.15) is 32.7 Å². The second kappa shape index (κ2) is 13.3. The Hall–Kier alpha value is -5.76. The zero-order valence-electron chi connectivity index (χ0n) is 23.6. The minimum absolute atomic E-state index is 0.0354. The van der Waals surface area contributed by atoms with Gasteiger partial charge in [0.05, 0.1) is 16.8 Å². The number of hydrogen-bond acceptors (Lipinski definition) is 5. The molecular weight excluding hydrogens is 540 g/mol. The molecule has 1 heterocycles. The minimum atomic E-state index is -0.432. The smallest absolute Gasteiger partial charge is 0.271 e. The largest absolute Gasteiger partial charge is 0.489 e. The van der Waals surface area contributed by atoms with E-state index in [4.69, 9.17) is 4.74 Å². The Morgan fingerprint density at radius 2 is 1.72 bits per heavy atom. The lowest BCUT2D eigenvalue weighted by molar-refractivity contribution is -0.384. The van der Waals surface area contributed by atoms with Crippen molar-refractivity contribution in [2.24, 2.45) is 5.10 Å². The number of allylic oxidation sites excluding steroid dienone is 1. The van der Waals surface area contributed by atoms with Crippen LogP contribution in [0.3, 0.4) is 0 Å². The second-order valence-electron chi connectivity index (χ2n) is 9.88. The maximum Gasteiger partial charge on any atom is 0.271 e. The van der Waals surface area contributed by atoms with Crippen molar-refractivity contribution < 1.29 is 14.5 Å². The van der Waals surface area contributed by atoms with E-state index in [1.165, 1.54) is 12.1 Å². The molecule has 0 saturated carbocycles. The maximum absolute atomic E-state index is 12.8. The molecule has 0 fully saturated rings. The van der Waals surface area contributed by atoms with E-state index >= 15 is 0 Å². The highest BCUT2D eigenvalue weighted by atomic mass is 16.6. The average molecular weight is 571 g/mol. The summed E-state index contributed by atoms with van der Waals surface area (Å²) >= 11 is 0. The van der Waals surface area contributed by atoms with Crippen molar-refractivity contribution in [3.63, 3.8) is 0 Å². The molecule has 43 heavy (non-hydrogen) atoms. The molecule has 0 bridgehead atoms. The van der Waals surface area contributed by atoms with Crippen molar-refractivity contribution in [1.82, 2.24) is 9.99 Å². The molecule has 0 aliphatic carbocycles. The minimum Gasteiger partial charge on any atom is -0.489 e. The van der Waals surface area contributed by atoms with E-state index < -0.39 is 4.92 Å². The maximum atomic E-state index is 12.8. The Morgan fingerprint density at radius 1 is 0.977 bits per heavy atom. The van der Waals surface area contributed by atoms with E-state index in [1.54, 1.807) is 36.6 Å². The molecule has 8 nitrogen and oxygen atoms in total. The summed E-state index contributed by atoms with van der Waals surface area (Å²) in [5.41, 5.74) is 9.89. The van der Waals surface area contributed by atoms with Crippen LogP contribution in [0.15, 0.2) is 127 Å². The van der Waals surface area contributed by atoms with Crippen molar-refractivity contribution in [3.05, 3.63) is 160 Å². The van der Waals surface area contributed by atoms with Crippen LogP contribution in [0.4, 0.5) is 5.69 Å². The zero-order valence-corrected chi connectivity index (χ0v) is 23.6. The number of carbonyl (C=O) groups is 1. The number of nitro benzene ring substituents is 1. The first-order valence-electron chi connectivity index (χ1n) is 13.7. The average Bonchev–Trinajstić information content (AvgIpc) is 3.42. The summed E-state index contributed by atoms with van der Waals surface area (Å²) in [4.78, 5) is 23.2. The summed E-state index contributed by atoms with van der Waals surface area (Å²) in [5, 5.41) is 15.0. The van der Waals surface area contributed by atoms with Gasteiger partial charge in [0.1, 0.15) is 12.4 Å². The number of ether oxygens (including phenoxy) is 1. The van der Waals surface area contributed by atoms with Gasteiger partial charge in [0, 0.05) is 29.1 Å². The van der Waals surface area contributed by atoms with E-state index in [2.05, 4.69) is 52.9 Å². The van der Waals surface area contributed by atoms with Crippen LogP contribution in [0, 0.1) is 17.0 Å². The molecule has 5 rings (SSSR count). The summed E-state index contributed by atoms with van der Waals surface area (Å²) in [6.45, 7) is 6.15. The van der Waals surface area contributed by atoms with Gasteiger partial charge in [0.15, 0.2) is 0 Å². The van der Waals surface area contributed by atoms with E-state index in [9.17, 15) is 14.9 Å². The first-order chi connectivity index (χ1) is 20.9. The van der Waals surface area contributed by atoms with Crippen LogP contribution < -0.4 is 10.2 Å². The van der Waals surface area contributed by atoms with E-state index in [0.717, 1.165) is 39.3 Å². The number of rotatable bonds is 11. The lowest BCUT2D eigenvalue weighted by Gasteiger charge is -2.13. The van der Waals surface area contributed by atoms with Crippen molar-refractivity contribution in [2.75, 3.05) is 0 Å². The Labute approximate surface area is 249 Å². The van der Waals surface area contributed by atoms with Crippen molar-refractivity contribution in [1.29, 1.82) is 0 Å². The van der Waals surface area contributed by atoms with Crippen molar-refractivity contribution in [2.45, 2.75) is 20.0 Å². The summed E-state index contributed by atoms with van der Waals surface area (Å²) in [5.74, 6) is 0.359. The Kier molecular flexibility index (Phi) is 8.87. The summed E-state index contributed by atoms with van der Waals surface area (Å²) in [6, 6.07) is 33.6. The third-order valence-electron chi connectivity index (χ3n) is 6.90. The molecule has 0 spiro atoms. The Balaban J connectivity index is 1.22. The van der Waals surface area contributed by atoms with Gasteiger partial charge in [-0.15, -0.1) is 6.58 Å². The third kappa shape index (κ3) is 6.94. The molecule has 0 atom stereocenters. The van der Waals surface area contributed by atoms with Gasteiger partial charge >= 0.3 is 0 Å². The van der Waals surface area contributed by atoms with E-state index in [1.807, 2.05) is 48.5 Å². The monoisotopic (exact) mass is 570 g/mol. The number of hydrogen-bond donors (Lipinski definition) is 1. The molecule has 0 saturated heterocycles. The van der Waals surface area contributed by atoms with Gasteiger partial charge in [-0.2, -0.15) is 5.10 Å². The third-order valence-corrected chi connectivity index (χ3v) is 6.90. The highest BCUT2D eigenvalue weighted by Crippen LogP contribution is 2.27. The summed E-state index contributed by atoms with van der Waals surface area (Å²) in [6.07, 6.45) is 3.93. The number of carbonyl (C=O) groups excluding carboxylic acids is 1. The number of hydrazone groups is 1. The second-order valence-corrected chi connectivity index (χ2v) is 9.88. The molecule has 0 unspecified atom stereocenters. The fourth-order valence-electron chi connectivity index (χ4n) is 4.72. The lowest BCUT2D eigenvalue weighted by Crippen LogP contribution is -2.17. The van der Waals surface area contributed by atoms with Crippen molar-refractivity contribution >= 4 is 17.8 Å². The molecule has 0 aliphatic rings. The van der Waals surface area contributed by atoms with Crippen LogP contribution in [0.2, 0.25) is 0 Å². The van der Waals surface area contributed by atoms with E-state index in [-0.39, 0.29) is 18.2 Å². The van der Waals surface area contributed by atoms with Gasteiger partial charge in [-0.3, -0.25) is 14.9 Å². The van der Waals surface area contributed by atoms with Crippen LogP contribution in [-0.2, 0) is 13.0 Å². The van der Waals surface area contributed by atoms with Gasteiger partial charge < -0.3 is 9.30 Å². The first-order valence-corrected chi connectivity index (χ1v) is 13.7. The molecule has 0 aliphatic heterocycles. The summed E-state index contributed by atoms with van der Waals surface area (Å²) < 4.78 is 8.14. The van der Waals surface area contributed by atoms with Crippen molar-refractivity contribution in [3.8, 4) is 22.7 Å². The molecule has 1 amide bonds. The topological polar surface area (TPSA) is 98.8 Å². The quantitative estimate of drug-likeness (QED) is 0.0772. The molecule has 1 aromatic heterocycles. The SMILES string of the molecule is C=CCc1cc(/C=N/NC(=O)c2ccc(-n3c(C)ccc3-c3ccccc3)cc2)ccc1OCc1ccc([N+](=O)[O-])cc1. The number of benzene rings is 4. The number of aromatic nitrogens is 1. The van der Waals surface area contributed by atoms with Gasteiger partial charge in [-0.05, 0) is 102 Å².